The zero-order valence-corrected chi connectivity index (χ0v) is 14.3. The second-order valence-corrected chi connectivity index (χ2v) is 7.41. The summed E-state index contributed by atoms with van der Waals surface area (Å²) in [6, 6.07) is 17.0. The summed E-state index contributed by atoms with van der Waals surface area (Å²) in [5, 5.41) is 6.21. The lowest BCUT2D eigenvalue weighted by molar-refractivity contribution is 0.788. The third-order valence-corrected chi connectivity index (χ3v) is 5.78. The highest BCUT2D eigenvalue weighted by Gasteiger charge is 2.25. The van der Waals surface area contributed by atoms with Gasteiger partial charge in [0.1, 0.15) is 0 Å². The molecule has 5 rings (SSSR count). The Morgan fingerprint density at radius 1 is 1.04 bits per heavy atom. The highest BCUT2D eigenvalue weighted by atomic mass is 32.1. The van der Waals surface area contributed by atoms with Crippen LogP contribution in [0.2, 0.25) is 0 Å². The zero-order chi connectivity index (χ0) is 16.1. The van der Waals surface area contributed by atoms with Gasteiger partial charge < -0.3 is 0 Å². The van der Waals surface area contributed by atoms with Gasteiger partial charge in [0.15, 0.2) is 5.82 Å². The number of aromatic nitrogens is 3. The molecule has 0 bridgehead atoms. The van der Waals surface area contributed by atoms with Crippen LogP contribution in [0.3, 0.4) is 0 Å². The van der Waals surface area contributed by atoms with Crippen LogP contribution < -0.4 is 0 Å². The number of thiophene rings is 1. The van der Waals surface area contributed by atoms with E-state index in [9.17, 15) is 0 Å². The standard InChI is InChI=1S/C20H17N3S/c1-13-6-4-11-19(21-13)23-20(15-8-5-9-16(15)22-23)18-12-14-7-2-3-10-17(14)24-18/h2-4,6-7,10-12H,5,8-9H2,1H3. The number of hydrogen-bond acceptors (Lipinski definition) is 3. The Kier molecular flexibility index (Phi) is 3.06. The third kappa shape index (κ3) is 2.10. The minimum absolute atomic E-state index is 0.914. The van der Waals surface area contributed by atoms with Crippen molar-refractivity contribution in [2.75, 3.05) is 0 Å². The van der Waals surface area contributed by atoms with Crippen LogP contribution in [0.15, 0.2) is 48.5 Å². The van der Waals surface area contributed by atoms with Gasteiger partial charge in [0.2, 0.25) is 0 Å². The molecule has 0 unspecified atom stereocenters. The molecule has 0 atom stereocenters. The molecule has 24 heavy (non-hydrogen) atoms. The fourth-order valence-electron chi connectivity index (χ4n) is 3.56. The van der Waals surface area contributed by atoms with E-state index >= 15 is 0 Å². The molecule has 0 saturated carbocycles. The minimum atomic E-state index is 0.914. The second kappa shape index (κ2) is 5.28. The summed E-state index contributed by atoms with van der Waals surface area (Å²) >= 11 is 1.85. The number of pyridine rings is 1. The number of fused-ring (bicyclic) bond motifs is 2. The van der Waals surface area contributed by atoms with Crippen molar-refractivity contribution < 1.29 is 0 Å². The molecule has 118 valence electrons. The molecule has 0 amide bonds. The first kappa shape index (κ1) is 13.9. The lowest BCUT2D eigenvalue weighted by Crippen LogP contribution is -2.03. The molecule has 0 radical (unpaired) electrons. The summed E-state index contributed by atoms with van der Waals surface area (Å²) in [5.41, 5.74) is 4.91. The zero-order valence-electron chi connectivity index (χ0n) is 13.5. The maximum absolute atomic E-state index is 4.91. The normalized spacial score (nSPS) is 13.5. The van der Waals surface area contributed by atoms with Crippen LogP contribution in [0.25, 0.3) is 26.5 Å². The van der Waals surface area contributed by atoms with E-state index in [0.717, 1.165) is 24.4 Å². The monoisotopic (exact) mass is 331 g/mol. The Labute approximate surface area is 144 Å². The van der Waals surface area contributed by atoms with Gasteiger partial charge in [0, 0.05) is 16.0 Å². The average molecular weight is 331 g/mol. The SMILES string of the molecule is Cc1cccc(-n2nc3c(c2-c2cc4ccccc4s2)CCC3)n1. The average Bonchev–Trinajstić information content (AvgIpc) is 3.27. The summed E-state index contributed by atoms with van der Waals surface area (Å²) in [7, 11) is 0. The van der Waals surface area contributed by atoms with Crippen LogP contribution >= 0.6 is 11.3 Å². The summed E-state index contributed by atoms with van der Waals surface area (Å²) in [5.74, 6) is 0.914. The Morgan fingerprint density at radius 3 is 2.83 bits per heavy atom. The maximum atomic E-state index is 4.91. The molecule has 1 aliphatic carbocycles. The van der Waals surface area contributed by atoms with Crippen LogP contribution in [0.1, 0.15) is 23.4 Å². The largest absolute Gasteiger partial charge is 0.234 e. The Hall–Kier alpha value is -2.46. The van der Waals surface area contributed by atoms with Crippen molar-refractivity contribution in [3.05, 3.63) is 65.5 Å². The Bertz CT molecular complexity index is 1020. The van der Waals surface area contributed by atoms with Crippen molar-refractivity contribution in [1.29, 1.82) is 0 Å². The van der Waals surface area contributed by atoms with Gasteiger partial charge in [-0.2, -0.15) is 5.10 Å². The van der Waals surface area contributed by atoms with E-state index in [2.05, 4.69) is 41.1 Å². The number of hydrogen-bond donors (Lipinski definition) is 0. The van der Waals surface area contributed by atoms with Gasteiger partial charge in [-0.3, -0.25) is 0 Å². The molecule has 0 spiro atoms. The first-order valence-corrected chi connectivity index (χ1v) is 9.15. The quantitative estimate of drug-likeness (QED) is 0.520. The van der Waals surface area contributed by atoms with E-state index in [1.54, 1.807) is 0 Å². The summed E-state index contributed by atoms with van der Waals surface area (Å²) < 4.78 is 3.38. The Morgan fingerprint density at radius 2 is 1.96 bits per heavy atom. The van der Waals surface area contributed by atoms with E-state index in [1.807, 2.05) is 30.4 Å². The maximum Gasteiger partial charge on any atom is 0.154 e. The predicted molar refractivity (Wildman–Crippen MR) is 98.9 cm³/mol. The van der Waals surface area contributed by atoms with Crippen LogP contribution in [0.5, 0.6) is 0 Å². The summed E-state index contributed by atoms with van der Waals surface area (Å²) in [6.07, 6.45) is 3.40. The van der Waals surface area contributed by atoms with Crippen molar-refractivity contribution in [3.8, 4) is 16.4 Å². The first-order valence-electron chi connectivity index (χ1n) is 8.33. The van der Waals surface area contributed by atoms with E-state index < -0.39 is 0 Å². The topological polar surface area (TPSA) is 30.7 Å². The van der Waals surface area contributed by atoms with Crippen molar-refractivity contribution in [1.82, 2.24) is 14.8 Å². The smallest absolute Gasteiger partial charge is 0.154 e. The summed E-state index contributed by atoms with van der Waals surface area (Å²) in [4.78, 5) is 5.99. The molecule has 4 aromatic rings. The lowest BCUT2D eigenvalue weighted by atomic mass is 10.1. The van der Waals surface area contributed by atoms with E-state index in [1.165, 1.54) is 38.3 Å². The molecular weight excluding hydrogens is 314 g/mol. The van der Waals surface area contributed by atoms with Crippen LogP contribution in [0, 0.1) is 6.92 Å². The van der Waals surface area contributed by atoms with Gasteiger partial charge in [-0.15, -0.1) is 11.3 Å². The van der Waals surface area contributed by atoms with Gasteiger partial charge in [0.25, 0.3) is 0 Å². The second-order valence-electron chi connectivity index (χ2n) is 6.32. The van der Waals surface area contributed by atoms with Crippen molar-refractivity contribution in [2.24, 2.45) is 0 Å². The number of benzene rings is 1. The van der Waals surface area contributed by atoms with E-state index in [-0.39, 0.29) is 0 Å². The molecule has 0 fully saturated rings. The van der Waals surface area contributed by atoms with Crippen molar-refractivity contribution in [2.45, 2.75) is 26.2 Å². The first-order chi connectivity index (χ1) is 11.8. The molecule has 1 aromatic carbocycles. The molecule has 0 saturated heterocycles. The number of rotatable bonds is 2. The molecule has 3 nitrogen and oxygen atoms in total. The van der Waals surface area contributed by atoms with Crippen LogP contribution in [-0.2, 0) is 12.8 Å². The van der Waals surface area contributed by atoms with E-state index in [0.29, 0.717) is 0 Å². The fourth-order valence-corrected chi connectivity index (χ4v) is 4.68. The molecule has 0 N–H and O–H groups in total. The highest BCUT2D eigenvalue weighted by molar-refractivity contribution is 7.22. The minimum Gasteiger partial charge on any atom is -0.234 e. The van der Waals surface area contributed by atoms with Crippen LogP contribution in [-0.4, -0.2) is 14.8 Å². The number of nitrogens with zero attached hydrogens (tertiary/aromatic N) is 3. The Balaban J connectivity index is 1.77. The molecule has 3 heterocycles. The van der Waals surface area contributed by atoms with Crippen molar-refractivity contribution in [3.63, 3.8) is 0 Å². The van der Waals surface area contributed by atoms with Gasteiger partial charge in [-0.05, 0) is 55.8 Å². The molecule has 1 aliphatic rings. The van der Waals surface area contributed by atoms with Gasteiger partial charge in [-0.1, -0.05) is 24.3 Å². The van der Waals surface area contributed by atoms with Gasteiger partial charge in [0.05, 0.1) is 16.3 Å². The molecular formula is C20H17N3S. The third-order valence-electron chi connectivity index (χ3n) is 4.66. The number of aryl methyl sites for hydroxylation is 2. The predicted octanol–water partition coefficient (Wildman–Crippen LogP) is 4.95. The van der Waals surface area contributed by atoms with E-state index in [4.69, 9.17) is 10.1 Å². The van der Waals surface area contributed by atoms with Gasteiger partial charge in [-0.25, -0.2) is 9.67 Å². The highest BCUT2D eigenvalue weighted by Crippen LogP contribution is 2.39. The summed E-state index contributed by atoms with van der Waals surface area (Å²) in [6.45, 7) is 2.03. The molecule has 3 aromatic heterocycles. The van der Waals surface area contributed by atoms with Gasteiger partial charge >= 0.3 is 0 Å². The van der Waals surface area contributed by atoms with Crippen molar-refractivity contribution >= 4 is 21.4 Å². The molecule has 0 aliphatic heterocycles. The van der Waals surface area contributed by atoms with Crippen LogP contribution in [0.4, 0.5) is 0 Å². The lowest BCUT2D eigenvalue weighted by Gasteiger charge is -2.08. The fraction of sp³-hybridized carbons (Fsp3) is 0.200. The molecule has 4 heteroatoms.